The predicted molar refractivity (Wildman–Crippen MR) is 359 cm³/mol. The summed E-state index contributed by atoms with van der Waals surface area (Å²) in [7, 11) is 0. The topological polar surface area (TPSA) is 64.3 Å². The van der Waals surface area contributed by atoms with Gasteiger partial charge in [0.2, 0.25) is 0 Å². The predicted octanol–water partition coefficient (Wildman–Crippen LogP) is 20.8. The molecular weight excluding hydrogens is 1060 g/mol. The van der Waals surface area contributed by atoms with Gasteiger partial charge in [-0.3, -0.25) is 0 Å². The van der Waals surface area contributed by atoms with Crippen molar-refractivity contribution in [3.05, 3.63) is 387 Å². The maximum atomic E-state index is 11.4. The van der Waals surface area contributed by atoms with Crippen molar-refractivity contribution in [1.29, 1.82) is 5.26 Å². The molecule has 5 heteroatoms. The summed E-state index contributed by atoms with van der Waals surface area (Å²) in [6, 6.07) is 114. The minimum Gasteiger partial charge on any atom is -0.477 e. The van der Waals surface area contributed by atoms with E-state index in [2.05, 4.69) is 320 Å². The lowest BCUT2D eigenvalue weighted by molar-refractivity contribution is -0.132. The molecular formula is C81H58N2O2S. The van der Waals surface area contributed by atoms with Crippen molar-refractivity contribution in [3.63, 3.8) is 0 Å². The first-order valence-electron chi connectivity index (χ1n) is 28.7. The van der Waals surface area contributed by atoms with Crippen molar-refractivity contribution < 1.29 is 9.90 Å². The fourth-order valence-electron chi connectivity index (χ4n) is 11.1. The molecule has 0 radical (unpaired) electrons. The number of carboxylic acid groups (broad SMARTS) is 1. The Balaban J connectivity index is 0.866. The number of thiophene rings is 1. The highest BCUT2D eigenvalue weighted by atomic mass is 32.1. The van der Waals surface area contributed by atoms with Crippen LogP contribution in [-0.4, -0.2) is 11.1 Å². The molecule has 410 valence electrons. The average Bonchev–Trinajstić information content (AvgIpc) is 4.17. The van der Waals surface area contributed by atoms with Crippen molar-refractivity contribution in [2.45, 2.75) is 6.42 Å². The fourth-order valence-corrected chi connectivity index (χ4v) is 12.0. The standard InChI is InChI=1S/C81H58N2O2S/c82-57-71(81(84)85)56-76-55-54-75(86-76)33-19-20-58-34-48-72(49-35-58)83(73-50-44-61(45-51-73)59-36-40-69(41-37-59)79(67-29-15-5-16-30-67)77(63-21-7-1-8-22-63)64-23-9-2-10-24-64)74-52-46-62(47-53-74)60-38-42-70(43-39-60)80(68-31-17-6-18-32-68)78(65-25-11-3-12-26-65)66-27-13-4-14-28-66/h1-32,34-56H,33H2,(H,84,85)/b20-19+,71-56-. The molecule has 0 amide bonds. The highest BCUT2D eigenvalue weighted by Gasteiger charge is 2.20. The van der Waals surface area contributed by atoms with Crippen LogP contribution in [0.3, 0.4) is 0 Å². The first-order valence-corrected chi connectivity index (χ1v) is 29.5. The van der Waals surface area contributed by atoms with Crippen LogP contribution in [0.25, 0.3) is 56.7 Å². The number of nitriles is 1. The van der Waals surface area contributed by atoms with Crippen molar-refractivity contribution in [2.24, 2.45) is 0 Å². The van der Waals surface area contributed by atoms with E-state index in [0.717, 1.165) is 99.1 Å². The van der Waals surface area contributed by atoms with Gasteiger partial charge < -0.3 is 10.0 Å². The second kappa shape index (κ2) is 26.4. The zero-order chi connectivity index (χ0) is 58.4. The summed E-state index contributed by atoms with van der Waals surface area (Å²) < 4.78 is 0. The van der Waals surface area contributed by atoms with Crippen LogP contribution >= 0.6 is 11.3 Å². The van der Waals surface area contributed by atoms with E-state index < -0.39 is 5.97 Å². The van der Waals surface area contributed by atoms with Crippen molar-refractivity contribution in [1.82, 2.24) is 0 Å². The largest absolute Gasteiger partial charge is 0.477 e. The van der Waals surface area contributed by atoms with Gasteiger partial charge in [-0.05, 0) is 149 Å². The van der Waals surface area contributed by atoms with E-state index in [-0.39, 0.29) is 5.57 Å². The Bertz CT molecular complexity index is 4110. The molecule has 0 bridgehead atoms. The SMILES string of the molecule is N#C/C(=C/c1ccc(C/C=C/c2ccc(N(c3ccc(-c4ccc(C(=C(c5ccccc5)c5ccccc5)c5ccccc5)cc4)cc3)c3ccc(-c4ccc(C(=C(c5ccccc5)c5ccccc5)c5ccccc5)cc4)cc3)cc2)s1)C(=O)O. The van der Waals surface area contributed by atoms with Crippen molar-refractivity contribution in [2.75, 3.05) is 4.90 Å². The van der Waals surface area contributed by atoms with Crippen LogP contribution in [0, 0.1) is 11.3 Å². The van der Waals surface area contributed by atoms with E-state index >= 15 is 0 Å². The molecule has 4 nitrogen and oxygen atoms in total. The van der Waals surface area contributed by atoms with Crippen LogP contribution in [0.5, 0.6) is 0 Å². The average molecular weight is 1120 g/mol. The molecule has 86 heavy (non-hydrogen) atoms. The molecule has 0 aliphatic heterocycles. The summed E-state index contributed by atoms with van der Waals surface area (Å²) in [5.74, 6) is -1.23. The molecule has 0 aliphatic rings. The third-order valence-electron chi connectivity index (χ3n) is 15.2. The Morgan fingerprint density at radius 1 is 0.372 bits per heavy atom. The van der Waals surface area contributed by atoms with Gasteiger partial charge in [0, 0.05) is 33.2 Å². The zero-order valence-electron chi connectivity index (χ0n) is 47.1. The molecule has 12 rings (SSSR count). The lowest BCUT2D eigenvalue weighted by Gasteiger charge is -2.26. The number of rotatable bonds is 18. The number of benzene rings is 11. The van der Waals surface area contributed by atoms with E-state index in [1.54, 1.807) is 6.07 Å². The van der Waals surface area contributed by atoms with Gasteiger partial charge in [0.15, 0.2) is 0 Å². The van der Waals surface area contributed by atoms with Gasteiger partial charge in [0.05, 0.1) is 0 Å². The molecule has 0 unspecified atom stereocenters. The van der Waals surface area contributed by atoms with Crippen LogP contribution in [0.2, 0.25) is 0 Å². The Morgan fingerprint density at radius 2 is 0.663 bits per heavy atom. The van der Waals surface area contributed by atoms with Crippen LogP contribution in [-0.2, 0) is 11.2 Å². The van der Waals surface area contributed by atoms with E-state index in [9.17, 15) is 15.2 Å². The molecule has 11 aromatic carbocycles. The third-order valence-corrected chi connectivity index (χ3v) is 16.3. The van der Waals surface area contributed by atoms with Crippen LogP contribution in [0.15, 0.2) is 327 Å². The van der Waals surface area contributed by atoms with Gasteiger partial charge in [-0.15, -0.1) is 11.3 Å². The minimum atomic E-state index is -1.23. The summed E-state index contributed by atoms with van der Waals surface area (Å²) in [6.45, 7) is 0. The first kappa shape index (κ1) is 55.4. The molecule has 1 heterocycles. The number of anilines is 3. The highest BCUT2D eigenvalue weighted by molar-refractivity contribution is 7.12. The van der Waals surface area contributed by atoms with Gasteiger partial charge in [-0.2, -0.15) is 5.26 Å². The summed E-state index contributed by atoms with van der Waals surface area (Å²) >= 11 is 1.48. The van der Waals surface area contributed by atoms with E-state index in [4.69, 9.17) is 0 Å². The van der Waals surface area contributed by atoms with Gasteiger partial charge in [0.1, 0.15) is 11.6 Å². The van der Waals surface area contributed by atoms with Crippen LogP contribution < -0.4 is 4.90 Å². The second-order valence-corrected chi connectivity index (χ2v) is 22.0. The Hall–Kier alpha value is -11.2. The van der Waals surface area contributed by atoms with E-state index in [0.29, 0.717) is 6.42 Å². The normalized spacial score (nSPS) is 11.2. The molecule has 0 saturated carbocycles. The maximum absolute atomic E-state index is 11.4. The molecule has 12 aromatic rings. The van der Waals surface area contributed by atoms with Gasteiger partial charge in [0.25, 0.3) is 0 Å². The lowest BCUT2D eigenvalue weighted by Crippen LogP contribution is -2.09. The van der Waals surface area contributed by atoms with Crippen LogP contribution in [0.1, 0.15) is 59.8 Å². The number of hydrogen-bond acceptors (Lipinski definition) is 4. The quantitative estimate of drug-likeness (QED) is 0.0528. The molecule has 1 aromatic heterocycles. The molecule has 0 atom stereocenters. The summed E-state index contributed by atoms with van der Waals surface area (Å²) in [5.41, 5.74) is 22.3. The number of carboxylic acids is 1. The Kier molecular flexibility index (Phi) is 17.0. The monoisotopic (exact) mass is 1120 g/mol. The smallest absolute Gasteiger partial charge is 0.346 e. The fraction of sp³-hybridized carbons (Fsp3) is 0.0123. The minimum absolute atomic E-state index is 0.280. The number of allylic oxidation sites excluding steroid dienone is 1. The van der Waals surface area contributed by atoms with E-state index in [1.807, 2.05) is 12.1 Å². The van der Waals surface area contributed by atoms with Gasteiger partial charge in [-0.25, -0.2) is 4.79 Å². The third kappa shape index (κ3) is 12.7. The number of nitrogens with zero attached hydrogens (tertiary/aromatic N) is 2. The Morgan fingerprint density at radius 3 is 0.965 bits per heavy atom. The summed E-state index contributed by atoms with van der Waals surface area (Å²) in [5, 5.41) is 18.6. The molecule has 1 N–H and O–H groups in total. The number of carbonyl (C=O) groups is 1. The van der Waals surface area contributed by atoms with E-state index in [1.165, 1.54) is 39.7 Å². The summed E-state index contributed by atoms with van der Waals surface area (Å²) in [6.07, 6.45) is 6.31. The van der Waals surface area contributed by atoms with Crippen molar-refractivity contribution >= 4 is 68.8 Å². The molecule has 0 fully saturated rings. The second-order valence-electron chi connectivity index (χ2n) is 20.8. The zero-order valence-corrected chi connectivity index (χ0v) is 47.9. The number of hydrogen-bond donors (Lipinski definition) is 1. The highest BCUT2D eigenvalue weighted by Crippen LogP contribution is 2.42. The van der Waals surface area contributed by atoms with Gasteiger partial charge in [-0.1, -0.05) is 279 Å². The Labute approximate surface area is 507 Å². The molecule has 0 spiro atoms. The van der Waals surface area contributed by atoms with Crippen LogP contribution in [0.4, 0.5) is 17.1 Å². The maximum Gasteiger partial charge on any atom is 0.346 e. The first-order chi connectivity index (χ1) is 42.4. The molecule has 0 saturated heterocycles. The van der Waals surface area contributed by atoms with Crippen molar-refractivity contribution in [3.8, 4) is 28.3 Å². The number of aliphatic carboxylic acids is 1. The lowest BCUT2D eigenvalue weighted by atomic mass is 9.85. The van der Waals surface area contributed by atoms with Gasteiger partial charge >= 0.3 is 5.97 Å². The molecule has 0 aliphatic carbocycles. The summed E-state index contributed by atoms with van der Waals surface area (Å²) in [4.78, 5) is 15.5.